The molecule has 1 aromatic heterocycles. The molecule has 0 bridgehead atoms. The van der Waals surface area contributed by atoms with Crippen LogP contribution in [0, 0.1) is 5.92 Å². The number of nitrogens with one attached hydrogen (secondary N) is 1. The van der Waals surface area contributed by atoms with Crippen LogP contribution in [-0.2, 0) is 21.5 Å². The smallest absolute Gasteiger partial charge is 0.220 e. The molecule has 0 fully saturated rings. The number of rotatable bonds is 11. The summed E-state index contributed by atoms with van der Waals surface area (Å²) in [6.45, 7) is 4.16. The van der Waals surface area contributed by atoms with E-state index in [0.717, 1.165) is 35.1 Å². The minimum atomic E-state index is -0.660. The van der Waals surface area contributed by atoms with Crippen molar-refractivity contribution >= 4 is 12.2 Å². The third kappa shape index (κ3) is 5.46. The Morgan fingerprint density at radius 1 is 0.889 bits per heavy atom. The molecule has 0 aliphatic rings. The van der Waals surface area contributed by atoms with Gasteiger partial charge >= 0.3 is 0 Å². The van der Waals surface area contributed by atoms with Crippen molar-refractivity contribution in [2.75, 3.05) is 0 Å². The van der Waals surface area contributed by atoms with Gasteiger partial charge in [-0.1, -0.05) is 105 Å². The lowest BCUT2D eigenvalue weighted by Gasteiger charge is -2.37. The maximum absolute atomic E-state index is 12.3. The molecule has 1 N–H and O–H groups in total. The molecule has 36 heavy (non-hydrogen) atoms. The summed E-state index contributed by atoms with van der Waals surface area (Å²) in [4.78, 5) is 28.8. The standard InChI is InChI=1S/C31H33N3O2/c1-24(2)18-19-30(36)33-29(22-35)20-28-21-34(23-32-28)31(25-12-6-3-7-13-25,26-14-8-4-9-15-26)27-16-10-5-11-17-27/h3-17,21-24,29H,18-20H2,1-2H3,(H,33,36)/t29-/m0/s1. The average molecular weight is 480 g/mol. The van der Waals surface area contributed by atoms with Gasteiger partial charge in [0.2, 0.25) is 5.91 Å². The largest absolute Gasteiger partial charge is 0.346 e. The second kappa shape index (κ2) is 11.6. The number of hydrogen-bond acceptors (Lipinski definition) is 3. The monoisotopic (exact) mass is 479 g/mol. The molecule has 5 nitrogen and oxygen atoms in total. The normalized spacial score (nSPS) is 12.3. The van der Waals surface area contributed by atoms with E-state index >= 15 is 0 Å². The van der Waals surface area contributed by atoms with Gasteiger partial charge in [0.05, 0.1) is 18.1 Å². The lowest BCUT2D eigenvalue weighted by Crippen LogP contribution is -2.38. The van der Waals surface area contributed by atoms with Crippen LogP contribution in [0.2, 0.25) is 0 Å². The molecule has 4 aromatic rings. The van der Waals surface area contributed by atoms with Crippen LogP contribution < -0.4 is 5.32 Å². The van der Waals surface area contributed by atoms with Gasteiger partial charge < -0.3 is 14.7 Å². The molecule has 1 atom stereocenters. The number of hydrogen-bond donors (Lipinski definition) is 1. The van der Waals surface area contributed by atoms with Crippen LogP contribution in [0.25, 0.3) is 0 Å². The van der Waals surface area contributed by atoms with E-state index in [-0.39, 0.29) is 5.91 Å². The lowest BCUT2D eigenvalue weighted by atomic mass is 9.77. The fourth-order valence-electron chi connectivity index (χ4n) is 4.69. The Kier molecular flexibility index (Phi) is 8.11. The second-order valence-corrected chi connectivity index (χ2v) is 9.53. The minimum absolute atomic E-state index is 0.104. The molecule has 1 heterocycles. The van der Waals surface area contributed by atoms with Gasteiger partial charge in [-0.05, 0) is 29.0 Å². The summed E-state index contributed by atoms with van der Waals surface area (Å²) in [5, 5.41) is 2.86. The highest BCUT2D eigenvalue weighted by Gasteiger charge is 2.38. The number of aromatic nitrogens is 2. The van der Waals surface area contributed by atoms with Crippen molar-refractivity contribution in [3.63, 3.8) is 0 Å². The summed E-state index contributed by atoms with van der Waals surface area (Å²) in [6, 6.07) is 30.5. The third-order valence-electron chi connectivity index (χ3n) is 6.49. The topological polar surface area (TPSA) is 64.0 Å². The Morgan fingerprint density at radius 3 is 1.83 bits per heavy atom. The Bertz CT molecular complexity index is 1150. The molecule has 0 radical (unpaired) electrons. The number of carbonyl (C=O) groups is 2. The van der Waals surface area contributed by atoms with Crippen molar-refractivity contribution in [1.82, 2.24) is 14.9 Å². The first-order chi connectivity index (χ1) is 17.5. The Labute approximate surface area is 213 Å². The maximum atomic E-state index is 12.3. The van der Waals surface area contributed by atoms with Crippen molar-refractivity contribution in [1.29, 1.82) is 0 Å². The first-order valence-electron chi connectivity index (χ1n) is 12.5. The molecule has 0 saturated carbocycles. The highest BCUT2D eigenvalue weighted by atomic mass is 16.2. The maximum Gasteiger partial charge on any atom is 0.220 e. The van der Waals surface area contributed by atoms with Crippen molar-refractivity contribution < 1.29 is 9.59 Å². The highest BCUT2D eigenvalue weighted by Crippen LogP contribution is 2.40. The van der Waals surface area contributed by atoms with Crippen LogP contribution in [-0.4, -0.2) is 27.8 Å². The van der Waals surface area contributed by atoms with Gasteiger partial charge in [0, 0.05) is 19.0 Å². The van der Waals surface area contributed by atoms with Crippen LogP contribution in [0.5, 0.6) is 0 Å². The van der Waals surface area contributed by atoms with Crippen LogP contribution >= 0.6 is 0 Å². The van der Waals surface area contributed by atoms with Crippen LogP contribution in [0.1, 0.15) is 49.1 Å². The van der Waals surface area contributed by atoms with Gasteiger partial charge in [-0.2, -0.15) is 0 Å². The predicted molar refractivity (Wildman–Crippen MR) is 143 cm³/mol. The van der Waals surface area contributed by atoms with Crippen LogP contribution in [0.3, 0.4) is 0 Å². The van der Waals surface area contributed by atoms with E-state index in [0.29, 0.717) is 18.8 Å². The van der Waals surface area contributed by atoms with Crippen molar-refractivity contribution in [3.8, 4) is 0 Å². The number of aldehydes is 1. The zero-order chi connectivity index (χ0) is 25.4. The molecule has 0 saturated heterocycles. The summed E-state index contributed by atoms with van der Waals surface area (Å²) < 4.78 is 2.12. The quantitative estimate of drug-likeness (QED) is 0.232. The first kappa shape index (κ1) is 25.1. The van der Waals surface area contributed by atoms with Gasteiger partial charge in [0.25, 0.3) is 0 Å². The van der Waals surface area contributed by atoms with E-state index in [1.165, 1.54) is 0 Å². The van der Waals surface area contributed by atoms with Crippen molar-refractivity contribution in [2.24, 2.45) is 5.92 Å². The van der Waals surface area contributed by atoms with E-state index in [2.05, 4.69) is 65.1 Å². The molecule has 5 heteroatoms. The Morgan fingerprint density at radius 2 is 1.39 bits per heavy atom. The average Bonchev–Trinajstić information content (AvgIpc) is 3.38. The van der Waals surface area contributed by atoms with Gasteiger partial charge in [0.1, 0.15) is 11.8 Å². The summed E-state index contributed by atoms with van der Waals surface area (Å²) in [5.41, 5.74) is 3.37. The molecular weight excluding hydrogens is 446 g/mol. The Balaban J connectivity index is 1.74. The summed E-state index contributed by atoms with van der Waals surface area (Å²) >= 11 is 0. The molecular formula is C31H33N3O2. The Hall–Kier alpha value is -3.99. The van der Waals surface area contributed by atoms with Crippen LogP contribution in [0.15, 0.2) is 104 Å². The van der Waals surface area contributed by atoms with Gasteiger partial charge in [-0.3, -0.25) is 4.79 Å². The van der Waals surface area contributed by atoms with Crippen molar-refractivity contribution in [3.05, 3.63) is 126 Å². The predicted octanol–water partition coefficient (Wildman–Crippen LogP) is 5.39. The second-order valence-electron chi connectivity index (χ2n) is 9.53. The highest BCUT2D eigenvalue weighted by molar-refractivity contribution is 5.79. The molecule has 3 aromatic carbocycles. The molecule has 1 amide bonds. The van der Waals surface area contributed by atoms with Gasteiger partial charge in [0.15, 0.2) is 0 Å². The number of carbonyl (C=O) groups excluding carboxylic acids is 2. The molecule has 4 rings (SSSR count). The van der Waals surface area contributed by atoms with E-state index in [4.69, 9.17) is 0 Å². The number of benzene rings is 3. The summed E-state index contributed by atoms with van der Waals surface area (Å²) in [7, 11) is 0. The fraction of sp³-hybridized carbons (Fsp3) is 0.258. The van der Waals surface area contributed by atoms with Gasteiger partial charge in [-0.15, -0.1) is 0 Å². The zero-order valence-corrected chi connectivity index (χ0v) is 20.9. The van der Waals surface area contributed by atoms with Gasteiger partial charge in [-0.25, -0.2) is 4.98 Å². The summed E-state index contributed by atoms with van der Waals surface area (Å²) in [6.07, 6.45) is 6.15. The molecule has 0 aliphatic heterocycles. The molecule has 0 spiro atoms. The van der Waals surface area contributed by atoms with E-state index < -0.39 is 11.6 Å². The molecule has 0 unspecified atom stereocenters. The van der Waals surface area contributed by atoms with E-state index in [1.807, 2.05) is 67.1 Å². The molecule has 0 aliphatic carbocycles. The minimum Gasteiger partial charge on any atom is -0.346 e. The van der Waals surface area contributed by atoms with E-state index in [9.17, 15) is 9.59 Å². The number of nitrogens with zero attached hydrogens (tertiary/aromatic N) is 2. The first-order valence-corrected chi connectivity index (χ1v) is 12.5. The van der Waals surface area contributed by atoms with Crippen molar-refractivity contribution in [2.45, 2.75) is 44.7 Å². The zero-order valence-electron chi connectivity index (χ0n) is 20.9. The fourth-order valence-corrected chi connectivity index (χ4v) is 4.69. The third-order valence-corrected chi connectivity index (χ3v) is 6.49. The van der Waals surface area contributed by atoms with E-state index in [1.54, 1.807) is 0 Å². The molecule has 184 valence electrons. The number of imidazole rings is 1. The lowest BCUT2D eigenvalue weighted by molar-refractivity contribution is -0.124. The summed E-state index contributed by atoms with van der Waals surface area (Å²) in [5.74, 6) is 0.329. The SMILES string of the molecule is CC(C)CCC(=O)N[C@H](C=O)Cc1cn(C(c2ccccc2)(c2ccccc2)c2ccccc2)cn1. The van der Waals surface area contributed by atoms with Crippen LogP contribution in [0.4, 0.5) is 0 Å². The number of amides is 1.